The van der Waals surface area contributed by atoms with Crippen molar-refractivity contribution in [3.05, 3.63) is 48.6 Å². The highest BCUT2D eigenvalue weighted by atomic mass is 16.7. The van der Waals surface area contributed by atoms with Crippen LogP contribution in [0, 0.1) is 5.92 Å². The molecule has 1 fully saturated rings. The lowest BCUT2D eigenvalue weighted by molar-refractivity contribution is -0.240. The van der Waals surface area contributed by atoms with E-state index in [2.05, 4.69) is 6.58 Å². The van der Waals surface area contributed by atoms with E-state index in [0.717, 1.165) is 5.56 Å². The predicted molar refractivity (Wildman–Crippen MR) is 69.1 cm³/mol. The van der Waals surface area contributed by atoms with Crippen molar-refractivity contribution in [3.8, 4) is 0 Å². The van der Waals surface area contributed by atoms with Crippen molar-refractivity contribution >= 4 is 11.9 Å². The molecule has 1 aliphatic heterocycles. The Morgan fingerprint density at radius 2 is 1.68 bits per heavy atom. The van der Waals surface area contributed by atoms with Crippen LogP contribution in [-0.4, -0.2) is 17.7 Å². The third-order valence-electron chi connectivity index (χ3n) is 3.00. The summed E-state index contributed by atoms with van der Waals surface area (Å²) in [5.74, 6) is -3.79. The number of hydrogen-bond acceptors (Lipinski definition) is 4. The number of cyclic esters (lactones) is 2. The fraction of sp³-hybridized carbons (Fsp3) is 0.333. The molecule has 1 saturated heterocycles. The van der Waals surface area contributed by atoms with Gasteiger partial charge in [-0.25, -0.2) is 0 Å². The van der Waals surface area contributed by atoms with Crippen LogP contribution in [0.4, 0.5) is 0 Å². The fourth-order valence-electron chi connectivity index (χ4n) is 2.16. The topological polar surface area (TPSA) is 52.6 Å². The molecule has 0 saturated carbocycles. The maximum absolute atomic E-state index is 12.0. The third kappa shape index (κ3) is 2.67. The fourth-order valence-corrected chi connectivity index (χ4v) is 2.16. The van der Waals surface area contributed by atoms with Gasteiger partial charge in [0, 0.05) is 19.8 Å². The lowest BCUT2D eigenvalue weighted by Gasteiger charge is -2.35. The summed E-state index contributed by atoms with van der Waals surface area (Å²) in [4.78, 5) is 24.0. The van der Waals surface area contributed by atoms with E-state index in [1.807, 2.05) is 30.3 Å². The highest BCUT2D eigenvalue weighted by Gasteiger charge is 2.46. The molecular formula is C15H16O4. The third-order valence-corrected chi connectivity index (χ3v) is 3.00. The van der Waals surface area contributed by atoms with Crippen LogP contribution >= 0.6 is 0 Å². The standard InChI is InChI=1S/C15H16O4/c1-4-11(10-8-6-5-7-9-10)12-13(16)18-15(2,3)19-14(12)17/h4-9,11-12H,1H2,2-3H3/t11-/m0/s1. The maximum atomic E-state index is 12.0. The monoisotopic (exact) mass is 260 g/mol. The molecule has 0 aromatic heterocycles. The summed E-state index contributed by atoms with van der Waals surface area (Å²) in [7, 11) is 0. The van der Waals surface area contributed by atoms with Gasteiger partial charge in [-0.2, -0.15) is 0 Å². The van der Waals surface area contributed by atoms with Gasteiger partial charge in [0.15, 0.2) is 5.92 Å². The van der Waals surface area contributed by atoms with Crippen LogP contribution < -0.4 is 0 Å². The Morgan fingerprint density at radius 3 is 2.16 bits per heavy atom. The van der Waals surface area contributed by atoms with Crippen molar-refractivity contribution < 1.29 is 19.1 Å². The van der Waals surface area contributed by atoms with Crippen LogP contribution in [0.5, 0.6) is 0 Å². The summed E-state index contributed by atoms with van der Waals surface area (Å²) in [5, 5.41) is 0. The number of hydrogen-bond donors (Lipinski definition) is 0. The van der Waals surface area contributed by atoms with Crippen LogP contribution in [0.1, 0.15) is 25.3 Å². The first-order chi connectivity index (χ1) is 8.94. The minimum absolute atomic E-state index is 0.447. The van der Waals surface area contributed by atoms with Crippen molar-refractivity contribution in [2.45, 2.75) is 25.6 Å². The molecule has 1 heterocycles. The first-order valence-electron chi connectivity index (χ1n) is 6.08. The van der Waals surface area contributed by atoms with E-state index in [1.165, 1.54) is 13.8 Å². The summed E-state index contributed by atoms with van der Waals surface area (Å²) in [5.41, 5.74) is 0.830. The zero-order chi connectivity index (χ0) is 14.0. The highest BCUT2D eigenvalue weighted by molar-refractivity contribution is 5.98. The van der Waals surface area contributed by atoms with Gasteiger partial charge in [-0.15, -0.1) is 6.58 Å². The van der Waals surface area contributed by atoms with Gasteiger partial charge in [-0.05, 0) is 5.56 Å². The molecule has 0 radical (unpaired) electrons. The SMILES string of the molecule is C=C[C@@H](c1ccccc1)C1C(=O)OC(C)(C)OC1=O. The molecule has 1 aliphatic rings. The van der Waals surface area contributed by atoms with E-state index in [9.17, 15) is 9.59 Å². The van der Waals surface area contributed by atoms with Crippen molar-refractivity contribution in [2.75, 3.05) is 0 Å². The average Bonchev–Trinajstić information content (AvgIpc) is 2.33. The second-order valence-electron chi connectivity index (χ2n) is 4.89. The second kappa shape index (κ2) is 4.88. The van der Waals surface area contributed by atoms with Gasteiger partial charge < -0.3 is 9.47 Å². The van der Waals surface area contributed by atoms with Crippen LogP contribution in [0.15, 0.2) is 43.0 Å². The molecule has 19 heavy (non-hydrogen) atoms. The van der Waals surface area contributed by atoms with E-state index in [-0.39, 0.29) is 0 Å². The first-order valence-corrected chi connectivity index (χ1v) is 6.08. The summed E-state index contributed by atoms with van der Waals surface area (Å²) < 4.78 is 10.3. The van der Waals surface area contributed by atoms with Gasteiger partial charge in [0.05, 0.1) is 0 Å². The molecule has 2 rings (SSSR count). The molecule has 1 atom stereocenters. The summed E-state index contributed by atoms with van der Waals surface area (Å²) in [6, 6.07) is 9.23. The highest BCUT2D eigenvalue weighted by Crippen LogP contribution is 2.33. The van der Waals surface area contributed by atoms with Crippen molar-refractivity contribution in [1.29, 1.82) is 0 Å². The largest absolute Gasteiger partial charge is 0.422 e. The molecule has 0 amide bonds. The normalized spacial score (nSPS) is 20.3. The minimum atomic E-state index is -1.20. The molecule has 100 valence electrons. The lowest BCUT2D eigenvalue weighted by atomic mass is 9.85. The smallest absolute Gasteiger partial charge is 0.324 e. The Hall–Kier alpha value is -2.10. The summed E-state index contributed by atoms with van der Waals surface area (Å²) >= 11 is 0. The van der Waals surface area contributed by atoms with Crippen LogP contribution in [-0.2, 0) is 19.1 Å². The van der Waals surface area contributed by atoms with Crippen molar-refractivity contribution in [1.82, 2.24) is 0 Å². The van der Waals surface area contributed by atoms with Gasteiger partial charge in [0.25, 0.3) is 5.79 Å². The Morgan fingerprint density at radius 1 is 1.16 bits per heavy atom. The minimum Gasteiger partial charge on any atom is -0.422 e. The van der Waals surface area contributed by atoms with E-state index in [4.69, 9.17) is 9.47 Å². The molecule has 0 N–H and O–H groups in total. The number of ether oxygens (including phenoxy) is 2. The average molecular weight is 260 g/mol. The molecule has 0 spiro atoms. The Kier molecular flexibility index (Phi) is 3.42. The van der Waals surface area contributed by atoms with Gasteiger partial charge in [0.2, 0.25) is 0 Å². The van der Waals surface area contributed by atoms with Gasteiger partial charge in [-0.1, -0.05) is 36.4 Å². The van der Waals surface area contributed by atoms with Gasteiger partial charge in [0.1, 0.15) is 0 Å². The molecule has 4 nitrogen and oxygen atoms in total. The van der Waals surface area contributed by atoms with Crippen molar-refractivity contribution in [3.63, 3.8) is 0 Å². The van der Waals surface area contributed by atoms with Crippen LogP contribution in [0.3, 0.4) is 0 Å². The lowest BCUT2D eigenvalue weighted by Crippen LogP contribution is -2.48. The number of carbonyl (C=O) groups excluding carboxylic acids is 2. The molecule has 0 bridgehead atoms. The van der Waals surface area contributed by atoms with Crippen LogP contribution in [0.25, 0.3) is 0 Å². The quantitative estimate of drug-likeness (QED) is 0.476. The number of esters is 2. The van der Waals surface area contributed by atoms with Crippen LogP contribution in [0.2, 0.25) is 0 Å². The number of rotatable bonds is 3. The zero-order valence-electron chi connectivity index (χ0n) is 11.0. The Balaban J connectivity index is 2.32. The molecule has 1 aromatic rings. The summed E-state index contributed by atoms with van der Waals surface area (Å²) in [6.45, 7) is 6.77. The van der Waals surface area contributed by atoms with Gasteiger partial charge in [-0.3, -0.25) is 9.59 Å². The number of benzene rings is 1. The first kappa shape index (κ1) is 13.3. The molecular weight excluding hydrogens is 244 g/mol. The maximum Gasteiger partial charge on any atom is 0.324 e. The Bertz CT molecular complexity index is 484. The molecule has 0 aliphatic carbocycles. The van der Waals surface area contributed by atoms with Gasteiger partial charge >= 0.3 is 11.9 Å². The Labute approximate surface area is 112 Å². The summed E-state index contributed by atoms with van der Waals surface area (Å²) in [6.07, 6.45) is 1.57. The number of allylic oxidation sites excluding steroid dienone is 1. The van der Waals surface area contributed by atoms with E-state index < -0.39 is 29.6 Å². The van der Waals surface area contributed by atoms with E-state index in [0.29, 0.717) is 0 Å². The second-order valence-corrected chi connectivity index (χ2v) is 4.89. The zero-order valence-corrected chi connectivity index (χ0v) is 11.0. The van der Waals surface area contributed by atoms with E-state index >= 15 is 0 Å². The van der Waals surface area contributed by atoms with E-state index in [1.54, 1.807) is 6.08 Å². The molecule has 1 aromatic carbocycles. The van der Waals surface area contributed by atoms with Crippen molar-refractivity contribution in [2.24, 2.45) is 5.92 Å². The molecule has 0 unspecified atom stereocenters. The number of carbonyl (C=O) groups is 2. The molecule has 4 heteroatoms. The predicted octanol–water partition coefficient (Wildman–Crippen LogP) is 2.41.